The SMILES string of the molecule is CCc1ccc(C(N)C(C)N(C)CC(F)F)cc1. The van der Waals surface area contributed by atoms with Gasteiger partial charge in [-0.25, -0.2) is 8.78 Å². The van der Waals surface area contributed by atoms with Crippen LogP contribution in [0.5, 0.6) is 0 Å². The second kappa shape index (κ2) is 6.81. The minimum Gasteiger partial charge on any atom is -0.323 e. The van der Waals surface area contributed by atoms with E-state index in [0.29, 0.717) is 0 Å². The molecule has 2 atom stereocenters. The third-order valence-corrected chi connectivity index (χ3v) is 3.41. The Morgan fingerprint density at radius 2 is 1.78 bits per heavy atom. The standard InChI is InChI=1S/C14H22F2N2/c1-4-11-5-7-12(8-6-11)14(17)10(2)18(3)9-13(15)16/h5-8,10,13-14H,4,9,17H2,1-3H3. The van der Waals surface area contributed by atoms with Gasteiger partial charge in [0.2, 0.25) is 0 Å². The lowest BCUT2D eigenvalue weighted by atomic mass is 9.99. The van der Waals surface area contributed by atoms with E-state index in [1.165, 1.54) is 5.56 Å². The fourth-order valence-electron chi connectivity index (χ4n) is 1.91. The Hall–Kier alpha value is -1.00. The number of hydrogen-bond donors (Lipinski definition) is 1. The van der Waals surface area contributed by atoms with Gasteiger partial charge in [0.1, 0.15) is 0 Å². The van der Waals surface area contributed by atoms with Gasteiger partial charge in [0.05, 0.1) is 6.54 Å². The van der Waals surface area contributed by atoms with Crippen molar-refractivity contribution in [3.05, 3.63) is 35.4 Å². The van der Waals surface area contributed by atoms with E-state index in [4.69, 9.17) is 5.73 Å². The molecule has 0 bridgehead atoms. The molecule has 0 aliphatic rings. The minimum atomic E-state index is -2.33. The van der Waals surface area contributed by atoms with Gasteiger partial charge in [0.15, 0.2) is 0 Å². The summed E-state index contributed by atoms with van der Waals surface area (Å²) >= 11 is 0. The minimum absolute atomic E-state index is 0.119. The summed E-state index contributed by atoms with van der Waals surface area (Å²) in [5.41, 5.74) is 8.36. The average Bonchev–Trinajstić information content (AvgIpc) is 2.36. The van der Waals surface area contributed by atoms with E-state index in [2.05, 4.69) is 6.92 Å². The van der Waals surface area contributed by atoms with Crippen molar-refractivity contribution in [2.45, 2.75) is 38.8 Å². The van der Waals surface area contributed by atoms with Crippen molar-refractivity contribution in [1.29, 1.82) is 0 Å². The molecular weight excluding hydrogens is 234 g/mol. The highest BCUT2D eigenvalue weighted by atomic mass is 19.3. The number of hydrogen-bond acceptors (Lipinski definition) is 2. The van der Waals surface area contributed by atoms with Gasteiger partial charge in [-0.05, 0) is 31.5 Å². The smallest absolute Gasteiger partial charge is 0.251 e. The van der Waals surface area contributed by atoms with Crippen molar-refractivity contribution in [3.8, 4) is 0 Å². The molecule has 0 spiro atoms. The molecular formula is C14H22F2N2. The van der Waals surface area contributed by atoms with Crippen LogP contribution >= 0.6 is 0 Å². The maximum Gasteiger partial charge on any atom is 0.251 e. The van der Waals surface area contributed by atoms with E-state index in [9.17, 15) is 8.78 Å². The molecule has 2 nitrogen and oxygen atoms in total. The summed E-state index contributed by atoms with van der Waals surface area (Å²) in [4.78, 5) is 1.60. The molecule has 0 saturated heterocycles. The van der Waals surface area contributed by atoms with Crippen LogP contribution in [-0.2, 0) is 6.42 Å². The number of likely N-dealkylation sites (N-methyl/N-ethyl adjacent to an activating group) is 1. The molecule has 0 amide bonds. The summed E-state index contributed by atoms with van der Waals surface area (Å²) in [6, 6.07) is 7.67. The number of halogens is 2. The van der Waals surface area contributed by atoms with E-state index in [0.717, 1.165) is 12.0 Å². The molecule has 4 heteroatoms. The zero-order valence-corrected chi connectivity index (χ0v) is 11.2. The van der Waals surface area contributed by atoms with Gasteiger partial charge >= 0.3 is 0 Å². The molecule has 0 heterocycles. The van der Waals surface area contributed by atoms with Gasteiger partial charge in [-0.1, -0.05) is 31.2 Å². The Morgan fingerprint density at radius 1 is 1.22 bits per heavy atom. The van der Waals surface area contributed by atoms with Gasteiger partial charge in [0.25, 0.3) is 6.43 Å². The number of benzene rings is 1. The lowest BCUT2D eigenvalue weighted by Gasteiger charge is -2.29. The molecule has 2 unspecified atom stereocenters. The molecule has 0 aliphatic heterocycles. The van der Waals surface area contributed by atoms with Gasteiger partial charge in [0, 0.05) is 12.1 Å². The quantitative estimate of drug-likeness (QED) is 0.848. The van der Waals surface area contributed by atoms with Gasteiger partial charge in [-0.15, -0.1) is 0 Å². The summed E-state index contributed by atoms with van der Waals surface area (Å²) in [7, 11) is 1.68. The zero-order valence-electron chi connectivity index (χ0n) is 11.2. The second-order valence-corrected chi connectivity index (χ2v) is 4.69. The van der Waals surface area contributed by atoms with E-state index in [-0.39, 0.29) is 18.6 Å². The number of nitrogens with two attached hydrogens (primary N) is 1. The number of nitrogens with zero attached hydrogens (tertiary/aromatic N) is 1. The predicted octanol–water partition coefficient (Wildman–Crippen LogP) is 2.83. The largest absolute Gasteiger partial charge is 0.323 e. The van der Waals surface area contributed by atoms with Crippen LogP contribution in [-0.4, -0.2) is 31.0 Å². The molecule has 0 aliphatic carbocycles. The summed E-state index contributed by atoms with van der Waals surface area (Å²) in [5, 5.41) is 0. The molecule has 1 aromatic rings. The highest BCUT2D eigenvalue weighted by molar-refractivity contribution is 5.25. The molecule has 1 aromatic carbocycles. The molecule has 18 heavy (non-hydrogen) atoms. The Bertz CT molecular complexity index is 351. The third kappa shape index (κ3) is 4.03. The van der Waals surface area contributed by atoms with E-state index in [1.54, 1.807) is 11.9 Å². The van der Waals surface area contributed by atoms with Crippen LogP contribution in [0.15, 0.2) is 24.3 Å². The summed E-state index contributed by atoms with van der Waals surface area (Å²) in [5.74, 6) is 0. The Balaban J connectivity index is 2.69. The zero-order chi connectivity index (χ0) is 13.7. The highest BCUT2D eigenvalue weighted by Gasteiger charge is 2.21. The normalized spacial score (nSPS) is 15.1. The van der Waals surface area contributed by atoms with E-state index in [1.807, 2.05) is 31.2 Å². The lowest BCUT2D eigenvalue weighted by molar-refractivity contribution is 0.0784. The molecule has 0 aromatic heterocycles. The van der Waals surface area contributed by atoms with Crippen molar-refractivity contribution in [2.75, 3.05) is 13.6 Å². The third-order valence-electron chi connectivity index (χ3n) is 3.41. The van der Waals surface area contributed by atoms with Crippen LogP contribution in [0.3, 0.4) is 0 Å². The van der Waals surface area contributed by atoms with Gasteiger partial charge < -0.3 is 5.73 Å². The first-order chi connectivity index (χ1) is 8.45. The lowest BCUT2D eigenvalue weighted by Crippen LogP contribution is -2.40. The molecule has 0 fully saturated rings. The topological polar surface area (TPSA) is 29.3 Å². The summed E-state index contributed by atoms with van der Waals surface area (Å²) in [6.07, 6.45) is -1.34. The molecule has 0 radical (unpaired) electrons. The van der Waals surface area contributed by atoms with Crippen LogP contribution < -0.4 is 5.73 Å². The van der Waals surface area contributed by atoms with Crippen LogP contribution in [0.25, 0.3) is 0 Å². The summed E-state index contributed by atoms with van der Waals surface area (Å²) < 4.78 is 24.7. The molecule has 0 saturated carbocycles. The fourth-order valence-corrected chi connectivity index (χ4v) is 1.91. The second-order valence-electron chi connectivity index (χ2n) is 4.69. The number of aryl methyl sites for hydroxylation is 1. The first-order valence-electron chi connectivity index (χ1n) is 6.28. The fraction of sp³-hybridized carbons (Fsp3) is 0.571. The molecule has 2 N–H and O–H groups in total. The van der Waals surface area contributed by atoms with E-state index < -0.39 is 6.43 Å². The van der Waals surface area contributed by atoms with Crippen molar-refractivity contribution in [3.63, 3.8) is 0 Å². The van der Waals surface area contributed by atoms with E-state index >= 15 is 0 Å². The first-order valence-corrected chi connectivity index (χ1v) is 6.28. The number of alkyl halides is 2. The monoisotopic (exact) mass is 256 g/mol. The maximum atomic E-state index is 12.3. The van der Waals surface area contributed by atoms with Crippen LogP contribution in [0.4, 0.5) is 8.78 Å². The van der Waals surface area contributed by atoms with Crippen molar-refractivity contribution < 1.29 is 8.78 Å². The van der Waals surface area contributed by atoms with Crippen LogP contribution in [0, 0.1) is 0 Å². The van der Waals surface area contributed by atoms with Crippen LogP contribution in [0.2, 0.25) is 0 Å². The van der Waals surface area contributed by atoms with Gasteiger partial charge in [-0.3, -0.25) is 4.90 Å². The number of rotatable bonds is 6. The van der Waals surface area contributed by atoms with Crippen molar-refractivity contribution in [2.24, 2.45) is 5.73 Å². The van der Waals surface area contributed by atoms with Gasteiger partial charge in [-0.2, -0.15) is 0 Å². The van der Waals surface area contributed by atoms with Crippen molar-refractivity contribution in [1.82, 2.24) is 4.90 Å². The van der Waals surface area contributed by atoms with Crippen LogP contribution in [0.1, 0.15) is 31.0 Å². The molecule has 1 rings (SSSR count). The Labute approximate surface area is 108 Å². The average molecular weight is 256 g/mol. The van der Waals surface area contributed by atoms with Crippen molar-refractivity contribution >= 4 is 0 Å². The predicted molar refractivity (Wildman–Crippen MR) is 70.8 cm³/mol. The molecule has 102 valence electrons. The first kappa shape index (κ1) is 15.1. The maximum absolute atomic E-state index is 12.3. The Morgan fingerprint density at radius 3 is 2.22 bits per heavy atom. The Kier molecular flexibility index (Phi) is 5.69. The summed E-state index contributed by atoms with van der Waals surface area (Å²) in [6.45, 7) is 3.72. The highest BCUT2D eigenvalue weighted by Crippen LogP contribution is 2.19.